The molecule has 2 unspecified atom stereocenters. The SMILES string of the molecule is CC(Cc1ccc(NC(=O)CCOCC2CCCO2)cc1)C(=O)O. The molecule has 1 heterocycles. The zero-order valence-corrected chi connectivity index (χ0v) is 14.0. The molecular weight excluding hydrogens is 310 g/mol. The number of aliphatic carboxylic acids is 1. The number of carbonyl (C=O) groups excluding carboxylic acids is 1. The molecule has 6 heteroatoms. The van der Waals surface area contributed by atoms with Crippen LogP contribution in [0, 0.1) is 5.92 Å². The number of hydrogen-bond acceptors (Lipinski definition) is 4. The molecule has 1 aliphatic rings. The molecular formula is C18H25NO5. The fraction of sp³-hybridized carbons (Fsp3) is 0.556. The van der Waals surface area contributed by atoms with Crippen LogP contribution >= 0.6 is 0 Å². The molecule has 1 saturated heterocycles. The fourth-order valence-corrected chi connectivity index (χ4v) is 2.54. The topological polar surface area (TPSA) is 84.9 Å². The smallest absolute Gasteiger partial charge is 0.306 e. The Morgan fingerprint density at radius 2 is 2.12 bits per heavy atom. The summed E-state index contributed by atoms with van der Waals surface area (Å²) in [5.74, 6) is -1.34. The first kappa shape index (κ1) is 18.4. The highest BCUT2D eigenvalue weighted by Crippen LogP contribution is 2.14. The van der Waals surface area contributed by atoms with Crippen LogP contribution < -0.4 is 5.32 Å². The van der Waals surface area contributed by atoms with Gasteiger partial charge < -0.3 is 19.9 Å². The van der Waals surface area contributed by atoms with Gasteiger partial charge in [0.1, 0.15) is 0 Å². The van der Waals surface area contributed by atoms with Crippen LogP contribution in [0.1, 0.15) is 31.7 Å². The molecule has 0 radical (unpaired) electrons. The second-order valence-corrected chi connectivity index (χ2v) is 6.15. The third-order valence-electron chi connectivity index (χ3n) is 4.00. The van der Waals surface area contributed by atoms with E-state index in [1.54, 1.807) is 19.1 Å². The van der Waals surface area contributed by atoms with Crippen LogP contribution in [0.2, 0.25) is 0 Å². The molecule has 2 rings (SSSR count). The third kappa shape index (κ3) is 6.29. The van der Waals surface area contributed by atoms with Crippen LogP contribution in [0.5, 0.6) is 0 Å². The molecule has 1 aromatic carbocycles. The van der Waals surface area contributed by atoms with Crippen molar-refractivity contribution in [3.8, 4) is 0 Å². The van der Waals surface area contributed by atoms with Crippen LogP contribution in [0.3, 0.4) is 0 Å². The van der Waals surface area contributed by atoms with E-state index in [1.165, 1.54) is 0 Å². The van der Waals surface area contributed by atoms with Crippen molar-refractivity contribution >= 4 is 17.6 Å². The lowest BCUT2D eigenvalue weighted by Gasteiger charge is -2.10. The molecule has 24 heavy (non-hydrogen) atoms. The van der Waals surface area contributed by atoms with Crippen molar-refractivity contribution in [2.24, 2.45) is 5.92 Å². The van der Waals surface area contributed by atoms with Crippen LogP contribution in [0.15, 0.2) is 24.3 Å². The molecule has 1 aliphatic heterocycles. The molecule has 1 amide bonds. The van der Waals surface area contributed by atoms with Crippen LogP contribution in [0.25, 0.3) is 0 Å². The van der Waals surface area contributed by atoms with Gasteiger partial charge in [0.05, 0.1) is 31.7 Å². The van der Waals surface area contributed by atoms with Crippen molar-refractivity contribution in [1.82, 2.24) is 0 Å². The van der Waals surface area contributed by atoms with Gasteiger partial charge in [0.2, 0.25) is 5.91 Å². The van der Waals surface area contributed by atoms with Crippen molar-refractivity contribution < 1.29 is 24.2 Å². The van der Waals surface area contributed by atoms with Gasteiger partial charge in [-0.15, -0.1) is 0 Å². The lowest BCUT2D eigenvalue weighted by molar-refractivity contribution is -0.141. The molecule has 6 nitrogen and oxygen atoms in total. The summed E-state index contributed by atoms with van der Waals surface area (Å²) in [5, 5.41) is 11.7. The average Bonchev–Trinajstić information content (AvgIpc) is 3.06. The quantitative estimate of drug-likeness (QED) is 0.677. The number of hydrogen-bond donors (Lipinski definition) is 2. The van der Waals surface area contributed by atoms with E-state index in [2.05, 4.69) is 5.32 Å². The van der Waals surface area contributed by atoms with Crippen molar-refractivity contribution in [2.45, 2.75) is 38.7 Å². The number of carboxylic acids is 1. The summed E-state index contributed by atoms with van der Waals surface area (Å²) >= 11 is 0. The van der Waals surface area contributed by atoms with E-state index in [1.807, 2.05) is 12.1 Å². The zero-order chi connectivity index (χ0) is 17.4. The maximum Gasteiger partial charge on any atom is 0.306 e. The first-order chi connectivity index (χ1) is 11.5. The van der Waals surface area contributed by atoms with Crippen LogP contribution in [-0.4, -0.2) is 42.9 Å². The van der Waals surface area contributed by atoms with Gasteiger partial charge in [-0.25, -0.2) is 0 Å². The molecule has 1 fully saturated rings. The molecule has 132 valence electrons. The minimum Gasteiger partial charge on any atom is -0.481 e. The second kappa shape index (κ2) is 9.39. The number of amides is 1. The van der Waals surface area contributed by atoms with Crippen LogP contribution in [0.4, 0.5) is 5.69 Å². The summed E-state index contributed by atoms with van der Waals surface area (Å²) in [6, 6.07) is 7.25. The Kier molecular flexibility index (Phi) is 7.21. The first-order valence-electron chi connectivity index (χ1n) is 8.35. The minimum atomic E-state index is -0.810. The van der Waals surface area contributed by atoms with Crippen molar-refractivity contribution in [2.75, 3.05) is 25.1 Å². The summed E-state index contributed by atoms with van der Waals surface area (Å²) in [4.78, 5) is 22.7. The van der Waals surface area contributed by atoms with Crippen molar-refractivity contribution in [3.05, 3.63) is 29.8 Å². The third-order valence-corrected chi connectivity index (χ3v) is 4.00. The van der Waals surface area contributed by atoms with E-state index in [0.717, 1.165) is 25.0 Å². The fourth-order valence-electron chi connectivity index (χ4n) is 2.54. The van der Waals surface area contributed by atoms with Gasteiger partial charge in [0, 0.05) is 12.3 Å². The summed E-state index contributed by atoms with van der Waals surface area (Å²) in [7, 11) is 0. The van der Waals surface area contributed by atoms with E-state index in [-0.39, 0.29) is 12.0 Å². The van der Waals surface area contributed by atoms with Gasteiger partial charge in [-0.3, -0.25) is 9.59 Å². The predicted octanol–water partition coefficient (Wildman–Crippen LogP) is 2.47. The summed E-state index contributed by atoms with van der Waals surface area (Å²) in [6.45, 7) is 3.40. The van der Waals surface area contributed by atoms with Gasteiger partial charge in [0.25, 0.3) is 0 Å². The highest BCUT2D eigenvalue weighted by molar-refractivity contribution is 5.90. The van der Waals surface area contributed by atoms with Gasteiger partial charge in [0.15, 0.2) is 0 Å². The molecule has 0 saturated carbocycles. The van der Waals surface area contributed by atoms with Crippen molar-refractivity contribution in [3.63, 3.8) is 0 Å². The Bertz CT molecular complexity index is 537. The van der Waals surface area contributed by atoms with Gasteiger partial charge in [-0.05, 0) is 37.0 Å². The molecule has 1 aromatic rings. The molecule has 0 aromatic heterocycles. The molecule has 2 N–H and O–H groups in total. The molecule has 0 aliphatic carbocycles. The summed E-state index contributed by atoms with van der Waals surface area (Å²) in [6.07, 6.45) is 3.05. The Balaban J connectivity index is 1.66. The Hall–Kier alpha value is -1.92. The highest BCUT2D eigenvalue weighted by Gasteiger charge is 2.15. The Morgan fingerprint density at radius 3 is 2.75 bits per heavy atom. The number of anilines is 1. The largest absolute Gasteiger partial charge is 0.481 e. The van der Waals surface area contributed by atoms with E-state index in [0.29, 0.717) is 31.7 Å². The van der Waals surface area contributed by atoms with Gasteiger partial charge in [-0.1, -0.05) is 19.1 Å². The van der Waals surface area contributed by atoms with Gasteiger partial charge >= 0.3 is 5.97 Å². The first-order valence-corrected chi connectivity index (χ1v) is 8.35. The number of ether oxygens (including phenoxy) is 2. The van der Waals surface area contributed by atoms with Gasteiger partial charge in [-0.2, -0.15) is 0 Å². The number of nitrogens with one attached hydrogen (secondary N) is 1. The minimum absolute atomic E-state index is 0.103. The molecule has 0 bridgehead atoms. The molecule has 2 atom stereocenters. The average molecular weight is 335 g/mol. The second-order valence-electron chi connectivity index (χ2n) is 6.15. The lowest BCUT2D eigenvalue weighted by Crippen LogP contribution is -2.18. The standard InChI is InChI=1S/C18H25NO5/c1-13(18(21)22)11-14-4-6-15(7-5-14)19-17(20)8-10-23-12-16-3-2-9-24-16/h4-7,13,16H,2-3,8-12H2,1H3,(H,19,20)(H,21,22). The lowest BCUT2D eigenvalue weighted by atomic mass is 10.0. The van der Waals surface area contributed by atoms with E-state index in [9.17, 15) is 9.59 Å². The maximum atomic E-state index is 11.9. The Labute approximate surface area is 142 Å². The number of carbonyl (C=O) groups is 2. The number of benzene rings is 1. The Morgan fingerprint density at radius 1 is 1.38 bits per heavy atom. The summed E-state index contributed by atoms with van der Waals surface area (Å²) in [5.41, 5.74) is 1.63. The van der Waals surface area contributed by atoms with E-state index >= 15 is 0 Å². The van der Waals surface area contributed by atoms with E-state index < -0.39 is 11.9 Å². The predicted molar refractivity (Wildman–Crippen MR) is 90.0 cm³/mol. The van der Waals surface area contributed by atoms with Crippen molar-refractivity contribution in [1.29, 1.82) is 0 Å². The normalized spacial score (nSPS) is 18.3. The monoisotopic (exact) mass is 335 g/mol. The van der Waals surface area contributed by atoms with Crippen LogP contribution in [-0.2, 0) is 25.5 Å². The molecule has 0 spiro atoms. The van der Waals surface area contributed by atoms with E-state index in [4.69, 9.17) is 14.6 Å². The highest BCUT2D eigenvalue weighted by atomic mass is 16.5. The maximum absolute atomic E-state index is 11.9. The summed E-state index contributed by atoms with van der Waals surface area (Å²) < 4.78 is 10.9. The number of carboxylic acid groups (broad SMARTS) is 1. The number of rotatable bonds is 9. The zero-order valence-electron chi connectivity index (χ0n) is 14.0.